The number of aromatic nitrogens is 2. The van der Waals surface area contributed by atoms with Crippen molar-refractivity contribution in [3.63, 3.8) is 0 Å². The lowest BCUT2D eigenvalue weighted by atomic mass is 9.96. The molecule has 160 valence electrons. The average molecular weight is 481 g/mol. The molecule has 0 saturated carbocycles. The van der Waals surface area contributed by atoms with E-state index in [4.69, 9.17) is 4.52 Å². The van der Waals surface area contributed by atoms with Crippen molar-refractivity contribution in [2.75, 3.05) is 18.0 Å². The van der Waals surface area contributed by atoms with Crippen molar-refractivity contribution in [1.82, 2.24) is 15.0 Å². The molecular weight excluding hydrogens is 456 g/mol. The molecule has 2 atom stereocenters. The quantitative estimate of drug-likeness (QED) is 0.541. The van der Waals surface area contributed by atoms with Gasteiger partial charge in [-0.15, -0.1) is 0 Å². The van der Waals surface area contributed by atoms with Gasteiger partial charge in [-0.2, -0.15) is 4.98 Å². The van der Waals surface area contributed by atoms with E-state index in [1.165, 1.54) is 5.56 Å². The predicted octanol–water partition coefficient (Wildman–Crippen LogP) is 4.69. The zero-order chi connectivity index (χ0) is 21.4. The number of hydrogen-bond donors (Lipinski definition) is 0. The minimum Gasteiger partial charge on any atom is -0.338 e. The standard InChI is InChI=1S/C24H25BrN4O2/c1-16-12-17-6-2-3-10-21(17)29(16)24(30)19-8-5-11-28(14-19)15-22-26-23(27-31-22)18-7-4-9-20(25)13-18/h2-4,6-7,9-10,13,16,19H,5,8,11-12,14-15H2,1H3. The van der Waals surface area contributed by atoms with Crippen LogP contribution in [-0.4, -0.2) is 40.1 Å². The van der Waals surface area contributed by atoms with Gasteiger partial charge >= 0.3 is 0 Å². The zero-order valence-electron chi connectivity index (χ0n) is 17.5. The lowest BCUT2D eigenvalue weighted by molar-refractivity contribution is -0.124. The number of nitrogens with zero attached hydrogens (tertiary/aromatic N) is 4. The number of carbonyl (C=O) groups excluding carboxylic acids is 1. The maximum Gasteiger partial charge on any atom is 0.241 e. The van der Waals surface area contributed by atoms with Gasteiger partial charge in [-0.25, -0.2) is 0 Å². The first-order valence-corrected chi connectivity index (χ1v) is 11.6. The van der Waals surface area contributed by atoms with Crippen LogP contribution in [0.15, 0.2) is 57.5 Å². The fourth-order valence-corrected chi connectivity index (χ4v) is 5.15. The number of carbonyl (C=O) groups is 1. The van der Waals surface area contributed by atoms with Crippen LogP contribution in [0, 0.1) is 5.92 Å². The highest BCUT2D eigenvalue weighted by molar-refractivity contribution is 9.10. The molecule has 1 fully saturated rings. The van der Waals surface area contributed by atoms with E-state index >= 15 is 0 Å². The zero-order valence-corrected chi connectivity index (χ0v) is 19.1. The summed E-state index contributed by atoms with van der Waals surface area (Å²) in [4.78, 5) is 22.3. The number of likely N-dealkylation sites (tertiary alicyclic amines) is 1. The number of hydrogen-bond acceptors (Lipinski definition) is 5. The third-order valence-electron chi connectivity index (χ3n) is 6.21. The molecule has 1 saturated heterocycles. The topological polar surface area (TPSA) is 62.5 Å². The molecule has 1 amide bonds. The fourth-order valence-electron chi connectivity index (χ4n) is 4.75. The lowest BCUT2D eigenvalue weighted by Crippen LogP contribution is -2.46. The monoisotopic (exact) mass is 480 g/mol. The lowest BCUT2D eigenvalue weighted by Gasteiger charge is -2.34. The van der Waals surface area contributed by atoms with Crippen LogP contribution < -0.4 is 4.90 Å². The molecule has 0 spiro atoms. The van der Waals surface area contributed by atoms with Crippen LogP contribution in [0.25, 0.3) is 11.4 Å². The number of halogens is 1. The van der Waals surface area contributed by atoms with E-state index in [0.29, 0.717) is 18.3 Å². The normalized spacial score (nSPS) is 21.3. The van der Waals surface area contributed by atoms with Crippen molar-refractivity contribution in [3.8, 4) is 11.4 Å². The van der Waals surface area contributed by atoms with Crippen LogP contribution in [0.5, 0.6) is 0 Å². The Labute approximate surface area is 190 Å². The Morgan fingerprint density at radius 2 is 2.10 bits per heavy atom. The molecule has 5 rings (SSSR count). The van der Waals surface area contributed by atoms with Crippen molar-refractivity contribution in [1.29, 1.82) is 0 Å². The smallest absolute Gasteiger partial charge is 0.241 e. The number of anilines is 1. The molecule has 0 radical (unpaired) electrons. The Balaban J connectivity index is 1.27. The summed E-state index contributed by atoms with van der Waals surface area (Å²) < 4.78 is 6.49. The van der Waals surface area contributed by atoms with Gasteiger partial charge in [0.2, 0.25) is 17.6 Å². The predicted molar refractivity (Wildman–Crippen MR) is 123 cm³/mol. The van der Waals surface area contributed by atoms with E-state index in [1.807, 2.05) is 35.2 Å². The van der Waals surface area contributed by atoms with E-state index in [0.717, 1.165) is 48.1 Å². The molecular formula is C24H25BrN4O2. The Kier molecular flexibility index (Phi) is 5.63. The summed E-state index contributed by atoms with van der Waals surface area (Å²) in [5.41, 5.74) is 3.26. The summed E-state index contributed by atoms with van der Waals surface area (Å²) in [6.45, 7) is 4.36. The molecule has 6 nitrogen and oxygen atoms in total. The van der Waals surface area contributed by atoms with Crippen LogP contribution in [0.2, 0.25) is 0 Å². The number of para-hydroxylation sites is 1. The van der Waals surface area contributed by atoms with E-state index < -0.39 is 0 Å². The van der Waals surface area contributed by atoms with Gasteiger partial charge in [-0.1, -0.05) is 51.4 Å². The highest BCUT2D eigenvalue weighted by Crippen LogP contribution is 2.34. The first-order valence-electron chi connectivity index (χ1n) is 10.8. The summed E-state index contributed by atoms with van der Waals surface area (Å²) in [7, 11) is 0. The molecule has 2 unspecified atom stereocenters. The van der Waals surface area contributed by atoms with Gasteiger partial charge in [0.15, 0.2) is 0 Å². The van der Waals surface area contributed by atoms with E-state index in [-0.39, 0.29) is 17.9 Å². The van der Waals surface area contributed by atoms with Crippen LogP contribution in [0.3, 0.4) is 0 Å². The average Bonchev–Trinajstić information content (AvgIpc) is 3.37. The highest BCUT2D eigenvalue weighted by atomic mass is 79.9. The summed E-state index contributed by atoms with van der Waals surface area (Å²) in [5, 5.41) is 4.14. The molecule has 0 aliphatic carbocycles. The highest BCUT2D eigenvalue weighted by Gasteiger charge is 2.36. The van der Waals surface area contributed by atoms with Crippen LogP contribution in [0.4, 0.5) is 5.69 Å². The number of rotatable bonds is 4. The third kappa shape index (κ3) is 4.16. The van der Waals surface area contributed by atoms with E-state index in [2.05, 4.69) is 56.1 Å². The Morgan fingerprint density at radius 3 is 2.97 bits per heavy atom. The molecule has 3 aromatic rings. The summed E-state index contributed by atoms with van der Waals surface area (Å²) >= 11 is 3.48. The maximum absolute atomic E-state index is 13.4. The maximum atomic E-state index is 13.4. The minimum atomic E-state index is -0.00479. The summed E-state index contributed by atoms with van der Waals surface area (Å²) in [5.74, 6) is 1.41. The van der Waals surface area contributed by atoms with Crippen LogP contribution >= 0.6 is 15.9 Å². The first-order chi connectivity index (χ1) is 15.1. The summed E-state index contributed by atoms with van der Waals surface area (Å²) in [6.07, 6.45) is 2.85. The Bertz CT molecular complexity index is 1100. The number of benzene rings is 2. The number of fused-ring (bicyclic) bond motifs is 1. The number of amides is 1. The Morgan fingerprint density at radius 1 is 1.23 bits per heavy atom. The van der Waals surface area contributed by atoms with Crippen molar-refractivity contribution < 1.29 is 9.32 Å². The molecule has 2 aromatic carbocycles. The number of piperidine rings is 1. The minimum absolute atomic E-state index is 0.00479. The second-order valence-corrected chi connectivity index (χ2v) is 9.40. The van der Waals surface area contributed by atoms with Gasteiger partial charge in [0.25, 0.3) is 0 Å². The van der Waals surface area contributed by atoms with Crippen molar-refractivity contribution >= 4 is 27.5 Å². The van der Waals surface area contributed by atoms with Gasteiger partial charge in [-0.05, 0) is 56.5 Å². The van der Waals surface area contributed by atoms with Gasteiger partial charge in [0.1, 0.15) is 0 Å². The molecule has 2 aliphatic rings. The van der Waals surface area contributed by atoms with Crippen LogP contribution in [-0.2, 0) is 17.8 Å². The molecule has 31 heavy (non-hydrogen) atoms. The van der Waals surface area contributed by atoms with Gasteiger partial charge in [0, 0.05) is 28.3 Å². The third-order valence-corrected chi connectivity index (χ3v) is 6.70. The molecule has 2 aliphatic heterocycles. The fraction of sp³-hybridized carbons (Fsp3) is 0.375. The van der Waals surface area contributed by atoms with Gasteiger partial charge in [0.05, 0.1) is 12.5 Å². The van der Waals surface area contributed by atoms with E-state index in [1.54, 1.807) is 0 Å². The SMILES string of the molecule is CC1Cc2ccccc2N1C(=O)C1CCCN(Cc2nc(-c3cccc(Br)c3)no2)C1. The van der Waals surface area contributed by atoms with Crippen molar-refractivity contribution in [2.45, 2.75) is 38.8 Å². The molecule has 7 heteroatoms. The molecule has 0 bridgehead atoms. The van der Waals surface area contributed by atoms with E-state index in [9.17, 15) is 4.79 Å². The first kappa shape index (κ1) is 20.4. The molecule has 3 heterocycles. The van der Waals surface area contributed by atoms with Gasteiger partial charge < -0.3 is 9.42 Å². The summed E-state index contributed by atoms with van der Waals surface area (Å²) in [6, 6.07) is 16.3. The Hall–Kier alpha value is -2.51. The van der Waals surface area contributed by atoms with Crippen molar-refractivity contribution in [3.05, 3.63) is 64.5 Å². The second-order valence-electron chi connectivity index (χ2n) is 8.49. The van der Waals surface area contributed by atoms with Crippen LogP contribution in [0.1, 0.15) is 31.2 Å². The largest absolute Gasteiger partial charge is 0.338 e. The van der Waals surface area contributed by atoms with Crippen molar-refractivity contribution in [2.24, 2.45) is 5.92 Å². The van der Waals surface area contributed by atoms with Gasteiger partial charge in [-0.3, -0.25) is 9.69 Å². The molecule has 0 N–H and O–H groups in total. The molecule has 1 aromatic heterocycles. The second kappa shape index (κ2) is 8.55.